The third kappa shape index (κ3) is 3.09. The fourth-order valence-corrected chi connectivity index (χ4v) is 2.64. The lowest BCUT2D eigenvalue weighted by Gasteiger charge is -2.21. The molecule has 0 amide bonds. The average Bonchev–Trinajstić information content (AvgIpc) is 2.48. The fraction of sp³-hybridized carbons (Fsp3) is 0.333. The molecule has 2 heteroatoms. The van der Waals surface area contributed by atoms with Crippen LogP contribution in [0.25, 0.3) is 10.8 Å². The van der Waals surface area contributed by atoms with Gasteiger partial charge in [0.1, 0.15) is 0 Å². The Hall–Kier alpha value is -1.64. The topological polar surface area (TPSA) is 18.5 Å². The van der Waals surface area contributed by atoms with Gasteiger partial charge >= 0.3 is 0 Å². The summed E-state index contributed by atoms with van der Waals surface area (Å²) in [6, 6.07) is 15.0. The van der Waals surface area contributed by atoms with Gasteiger partial charge < -0.3 is 9.47 Å². The molecule has 0 bridgehead atoms. The van der Waals surface area contributed by atoms with Crippen LogP contribution in [0.15, 0.2) is 54.1 Å². The van der Waals surface area contributed by atoms with E-state index in [9.17, 15) is 0 Å². The van der Waals surface area contributed by atoms with Crippen molar-refractivity contribution in [3.63, 3.8) is 0 Å². The summed E-state index contributed by atoms with van der Waals surface area (Å²) in [6.07, 6.45) is 3.86. The van der Waals surface area contributed by atoms with Gasteiger partial charge in [-0.1, -0.05) is 48.0 Å². The van der Waals surface area contributed by atoms with Gasteiger partial charge in [-0.25, -0.2) is 0 Å². The molecule has 1 fully saturated rings. The van der Waals surface area contributed by atoms with Crippen molar-refractivity contribution in [3.05, 3.63) is 59.7 Å². The van der Waals surface area contributed by atoms with Crippen LogP contribution in [0.1, 0.15) is 18.9 Å². The SMILES string of the molecule is C/C(=C\C1OCCCO1)Cc1cccc2ccccc12. The Morgan fingerprint density at radius 3 is 2.70 bits per heavy atom. The van der Waals surface area contributed by atoms with Crippen LogP contribution in [-0.4, -0.2) is 19.5 Å². The van der Waals surface area contributed by atoms with Crippen LogP contribution in [0.2, 0.25) is 0 Å². The van der Waals surface area contributed by atoms with Crippen molar-refractivity contribution in [1.82, 2.24) is 0 Å². The maximum absolute atomic E-state index is 5.58. The van der Waals surface area contributed by atoms with Gasteiger partial charge in [-0.15, -0.1) is 0 Å². The summed E-state index contributed by atoms with van der Waals surface area (Å²) in [4.78, 5) is 0. The molecule has 1 heterocycles. The van der Waals surface area contributed by atoms with E-state index < -0.39 is 0 Å². The molecule has 0 N–H and O–H groups in total. The highest BCUT2D eigenvalue weighted by Crippen LogP contribution is 2.21. The number of hydrogen-bond acceptors (Lipinski definition) is 2. The highest BCUT2D eigenvalue weighted by atomic mass is 16.7. The van der Waals surface area contributed by atoms with E-state index in [2.05, 4.69) is 55.5 Å². The molecule has 2 aromatic carbocycles. The molecule has 2 nitrogen and oxygen atoms in total. The smallest absolute Gasteiger partial charge is 0.177 e. The zero-order chi connectivity index (χ0) is 13.8. The molecule has 1 aliphatic heterocycles. The van der Waals surface area contributed by atoms with E-state index in [4.69, 9.17) is 9.47 Å². The van der Waals surface area contributed by atoms with Gasteiger partial charge in [0.25, 0.3) is 0 Å². The van der Waals surface area contributed by atoms with E-state index in [1.807, 2.05) is 0 Å². The number of hydrogen-bond donors (Lipinski definition) is 0. The lowest BCUT2D eigenvalue weighted by Crippen LogP contribution is -2.23. The lowest BCUT2D eigenvalue weighted by atomic mass is 9.99. The molecule has 0 atom stereocenters. The maximum Gasteiger partial charge on any atom is 0.177 e. The zero-order valence-corrected chi connectivity index (χ0v) is 11.8. The Kier molecular flexibility index (Phi) is 4.14. The molecule has 0 spiro atoms. The summed E-state index contributed by atoms with van der Waals surface area (Å²) in [5.41, 5.74) is 2.64. The van der Waals surface area contributed by atoms with E-state index in [0.717, 1.165) is 26.1 Å². The summed E-state index contributed by atoms with van der Waals surface area (Å²) in [6.45, 7) is 3.73. The number of ether oxygens (including phenoxy) is 2. The Balaban J connectivity index is 1.80. The summed E-state index contributed by atoms with van der Waals surface area (Å²) in [5.74, 6) is 0. The van der Waals surface area contributed by atoms with E-state index in [1.165, 1.54) is 21.9 Å². The van der Waals surface area contributed by atoms with Crippen molar-refractivity contribution in [2.24, 2.45) is 0 Å². The largest absolute Gasteiger partial charge is 0.349 e. The molecule has 104 valence electrons. The standard InChI is InChI=1S/C18H20O2/c1-14(13-18-19-10-5-11-20-18)12-16-8-4-7-15-6-2-3-9-17(15)16/h2-4,6-9,13,18H,5,10-12H2,1H3/b14-13+. The number of benzene rings is 2. The van der Waals surface area contributed by atoms with E-state index >= 15 is 0 Å². The summed E-state index contributed by atoms with van der Waals surface area (Å²) in [7, 11) is 0. The Bertz CT molecular complexity index is 604. The van der Waals surface area contributed by atoms with Crippen molar-refractivity contribution in [2.75, 3.05) is 13.2 Å². The molecule has 0 radical (unpaired) electrons. The third-order valence-electron chi connectivity index (χ3n) is 3.62. The Morgan fingerprint density at radius 2 is 1.85 bits per heavy atom. The highest BCUT2D eigenvalue weighted by molar-refractivity contribution is 5.85. The van der Waals surface area contributed by atoms with Crippen LogP contribution in [0.5, 0.6) is 0 Å². The second kappa shape index (κ2) is 6.21. The van der Waals surface area contributed by atoms with Gasteiger partial charge in [-0.05, 0) is 42.2 Å². The Labute approximate surface area is 120 Å². The first-order chi connectivity index (χ1) is 9.83. The van der Waals surface area contributed by atoms with Crippen LogP contribution in [0.4, 0.5) is 0 Å². The van der Waals surface area contributed by atoms with Gasteiger partial charge in [-0.3, -0.25) is 0 Å². The minimum atomic E-state index is -0.168. The fourth-order valence-electron chi connectivity index (χ4n) is 2.64. The monoisotopic (exact) mass is 268 g/mol. The van der Waals surface area contributed by atoms with Crippen molar-refractivity contribution in [2.45, 2.75) is 26.1 Å². The first kappa shape index (κ1) is 13.3. The number of rotatable bonds is 3. The van der Waals surface area contributed by atoms with Crippen LogP contribution >= 0.6 is 0 Å². The third-order valence-corrected chi connectivity index (χ3v) is 3.62. The van der Waals surface area contributed by atoms with Gasteiger partial charge in [0.15, 0.2) is 6.29 Å². The van der Waals surface area contributed by atoms with Crippen molar-refractivity contribution < 1.29 is 9.47 Å². The van der Waals surface area contributed by atoms with Crippen molar-refractivity contribution in [1.29, 1.82) is 0 Å². The predicted octanol–water partition coefficient (Wildman–Crippen LogP) is 4.09. The van der Waals surface area contributed by atoms with Crippen LogP contribution < -0.4 is 0 Å². The summed E-state index contributed by atoms with van der Waals surface area (Å²) < 4.78 is 11.2. The first-order valence-electron chi connectivity index (χ1n) is 7.20. The summed E-state index contributed by atoms with van der Waals surface area (Å²) >= 11 is 0. The Morgan fingerprint density at radius 1 is 1.10 bits per heavy atom. The second-order valence-corrected chi connectivity index (χ2v) is 5.29. The van der Waals surface area contributed by atoms with E-state index in [-0.39, 0.29) is 6.29 Å². The van der Waals surface area contributed by atoms with Crippen molar-refractivity contribution in [3.8, 4) is 0 Å². The molecule has 1 saturated heterocycles. The predicted molar refractivity (Wildman–Crippen MR) is 81.7 cm³/mol. The average molecular weight is 268 g/mol. The quantitative estimate of drug-likeness (QED) is 0.780. The highest BCUT2D eigenvalue weighted by Gasteiger charge is 2.11. The molecule has 2 aromatic rings. The van der Waals surface area contributed by atoms with Crippen molar-refractivity contribution >= 4 is 10.8 Å². The van der Waals surface area contributed by atoms with Crippen LogP contribution in [0, 0.1) is 0 Å². The van der Waals surface area contributed by atoms with Gasteiger partial charge in [0, 0.05) is 0 Å². The van der Waals surface area contributed by atoms with Gasteiger partial charge in [0.05, 0.1) is 13.2 Å². The lowest BCUT2D eigenvalue weighted by molar-refractivity contribution is -0.150. The molecule has 0 unspecified atom stereocenters. The van der Waals surface area contributed by atoms with Gasteiger partial charge in [0.2, 0.25) is 0 Å². The molecule has 0 saturated carbocycles. The normalized spacial score (nSPS) is 17.6. The molecule has 0 aliphatic carbocycles. The van der Waals surface area contributed by atoms with Gasteiger partial charge in [-0.2, -0.15) is 0 Å². The van der Waals surface area contributed by atoms with E-state index in [0.29, 0.717) is 0 Å². The molecule has 3 rings (SSSR count). The molecule has 0 aromatic heterocycles. The second-order valence-electron chi connectivity index (χ2n) is 5.29. The molecular weight excluding hydrogens is 248 g/mol. The molecule has 20 heavy (non-hydrogen) atoms. The minimum Gasteiger partial charge on any atom is -0.349 e. The van der Waals surface area contributed by atoms with Crippen LogP contribution in [0.3, 0.4) is 0 Å². The maximum atomic E-state index is 5.58. The molecular formula is C18H20O2. The van der Waals surface area contributed by atoms with Crippen LogP contribution in [-0.2, 0) is 15.9 Å². The first-order valence-corrected chi connectivity index (χ1v) is 7.20. The zero-order valence-electron chi connectivity index (χ0n) is 11.8. The van der Waals surface area contributed by atoms with E-state index in [1.54, 1.807) is 0 Å². The summed E-state index contributed by atoms with van der Waals surface area (Å²) in [5, 5.41) is 2.62. The number of allylic oxidation sites excluding steroid dienone is 1. The molecule has 1 aliphatic rings. The minimum absolute atomic E-state index is 0.168. The number of fused-ring (bicyclic) bond motifs is 1.